The summed E-state index contributed by atoms with van der Waals surface area (Å²) in [5.41, 5.74) is 3.17. The van der Waals surface area contributed by atoms with E-state index < -0.39 is 0 Å². The monoisotopic (exact) mass is 340 g/mol. The van der Waals surface area contributed by atoms with Gasteiger partial charge in [-0.1, -0.05) is 26.0 Å². The molecule has 0 fully saturated rings. The van der Waals surface area contributed by atoms with Crippen LogP contribution in [-0.4, -0.2) is 28.6 Å². The van der Waals surface area contributed by atoms with E-state index in [1.807, 2.05) is 32.2 Å². The van der Waals surface area contributed by atoms with Crippen molar-refractivity contribution in [1.82, 2.24) is 10.3 Å². The first-order valence-corrected chi connectivity index (χ1v) is 8.28. The molecule has 25 heavy (non-hydrogen) atoms. The maximum Gasteiger partial charge on any atom is 0.251 e. The van der Waals surface area contributed by atoms with Crippen LogP contribution in [-0.2, 0) is 0 Å². The molecule has 2 aromatic carbocycles. The van der Waals surface area contributed by atoms with E-state index in [4.69, 9.17) is 0 Å². The van der Waals surface area contributed by atoms with E-state index in [1.165, 1.54) is 12.1 Å². The minimum atomic E-state index is -0.281. The van der Waals surface area contributed by atoms with Crippen LogP contribution in [0.1, 0.15) is 24.2 Å². The number of benzene rings is 2. The van der Waals surface area contributed by atoms with Gasteiger partial charge in [-0.2, -0.15) is 0 Å². The molecule has 130 valence electrons. The number of hydrogen-bond donors (Lipinski definition) is 3. The normalized spacial score (nSPS) is 12.5. The molecule has 0 unspecified atom stereocenters. The lowest BCUT2D eigenvalue weighted by Crippen LogP contribution is -2.41. The molecule has 0 saturated carbocycles. The van der Waals surface area contributed by atoms with Gasteiger partial charge >= 0.3 is 0 Å². The third-order valence-electron chi connectivity index (χ3n) is 4.42. The fraction of sp³-hybridized carbons (Fsp3) is 0.250. The van der Waals surface area contributed by atoms with Gasteiger partial charge in [-0.05, 0) is 41.8 Å². The van der Waals surface area contributed by atoms with Crippen LogP contribution in [0.3, 0.4) is 0 Å². The van der Waals surface area contributed by atoms with Crippen LogP contribution in [0.25, 0.3) is 22.0 Å². The van der Waals surface area contributed by atoms with Gasteiger partial charge in [-0.15, -0.1) is 0 Å². The first kappa shape index (κ1) is 17.2. The average molecular weight is 340 g/mol. The van der Waals surface area contributed by atoms with Crippen molar-refractivity contribution in [3.63, 3.8) is 0 Å². The van der Waals surface area contributed by atoms with Crippen molar-refractivity contribution in [2.24, 2.45) is 5.92 Å². The molecule has 0 radical (unpaired) electrons. The number of hydrogen-bond acceptors (Lipinski definition) is 2. The van der Waals surface area contributed by atoms with Crippen molar-refractivity contribution >= 4 is 16.8 Å². The standard InChI is InChI=1S/C20H21FN2O2/c1-12(2)19(11-24)23-20(25)14-5-3-13(4-6-14)17-10-22-18-9-15(21)7-8-16(17)18/h3-10,12,19,22,24H,11H2,1-2H3,(H,23,25)/t19-/m1/s1. The van der Waals surface area contributed by atoms with Gasteiger partial charge in [0.05, 0.1) is 12.6 Å². The molecule has 5 heteroatoms. The number of nitrogens with one attached hydrogen (secondary N) is 2. The van der Waals surface area contributed by atoms with E-state index in [0.717, 1.165) is 22.0 Å². The van der Waals surface area contributed by atoms with E-state index in [0.29, 0.717) is 5.56 Å². The quantitative estimate of drug-likeness (QED) is 0.663. The molecule has 0 aliphatic rings. The summed E-state index contributed by atoms with van der Waals surface area (Å²) >= 11 is 0. The zero-order valence-corrected chi connectivity index (χ0v) is 14.2. The van der Waals surface area contributed by atoms with Gasteiger partial charge in [0.15, 0.2) is 0 Å². The molecule has 0 aliphatic carbocycles. The van der Waals surface area contributed by atoms with Crippen LogP contribution >= 0.6 is 0 Å². The van der Waals surface area contributed by atoms with Crippen molar-refractivity contribution in [3.05, 3.63) is 60.0 Å². The summed E-state index contributed by atoms with van der Waals surface area (Å²) < 4.78 is 13.3. The molecule has 4 nitrogen and oxygen atoms in total. The Labute approximate surface area is 145 Å². The van der Waals surface area contributed by atoms with Gasteiger partial charge in [0.25, 0.3) is 5.91 Å². The number of carbonyl (C=O) groups is 1. The lowest BCUT2D eigenvalue weighted by atomic mass is 10.0. The predicted molar refractivity (Wildman–Crippen MR) is 96.9 cm³/mol. The fourth-order valence-electron chi connectivity index (χ4n) is 2.81. The Morgan fingerprint density at radius 1 is 1.20 bits per heavy atom. The van der Waals surface area contributed by atoms with E-state index in [-0.39, 0.29) is 30.3 Å². The molecule has 0 saturated heterocycles. The minimum Gasteiger partial charge on any atom is -0.394 e. The number of aromatic amines is 1. The Morgan fingerprint density at radius 2 is 1.92 bits per heavy atom. The van der Waals surface area contributed by atoms with E-state index in [1.54, 1.807) is 18.2 Å². The number of carbonyl (C=O) groups excluding carboxylic acids is 1. The summed E-state index contributed by atoms with van der Waals surface area (Å²) in [4.78, 5) is 15.4. The number of fused-ring (bicyclic) bond motifs is 1. The number of amides is 1. The smallest absolute Gasteiger partial charge is 0.251 e. The van der Waals surface area contributed by atoms with Gasteiger partial charge in [0, 0.05) is 28.2 Å². The average Bonchev–Trinajstić information content (AvgIpc) is 3.02. The minimum absolute atomic E-state index is 0.0899. The number of halogens is 1. The van der Waals surface area contributed by atoms with E-state index >= 15 is 0 Å². The molecule has 3 aromatic rings. The van der Waals surface area contributed by atoms with Crippen molar-refractivity contribution in [3.8, 4) is 11.1 Å². The molecular weight excluding hydrogens is 319 g/mol. The fourth-order valence-corrected chi connectivity index (χ4v) is 2.81. The second-order valence-electron chi connectivity index (χ2n) is 6.48. The van der Waals surface area contributed by atoms with Crippen LogP contribution in [0.4, 0.5) is 4.39 Å². The van der Waals surface area contributed by atoms with Crippen molar-refractivity contribution in [2.45, 2.75) is 19.9 Å². The summed E-state index contributed by atoms with van der Waals surface area (Å²) in [5.74, 6) is -0.336. The number of H-pyrrole nitrogens is 1. The number of aromatic nitrogens is 1. The van der Waals surface area contributed by atoms with Crippen LogP contribution < -0.4 is 5.32 Å². The van der Waals surface area contributed by atoms with Gasteiger partial charge in [-0.25, -0.2) is 4.39 Å². The Kier molecular flexibility index (Phi) is 4.86. The Balaban J connectivity index is 1.83. The second kappa shape index (κ2) is 7.07. The van der Waals surface area contributed by atoms with Gasteiger partial charge < -0.3 is 15.4 Å². The summed E-state index contributed by atoms with van der Waals surface area (Å²) in [5, 5.41) is 13.1. The molecule has 0 bridgehead atoms. The summed E-state index contributed by atoms with van der Waals surface area (Å²) in [6.07, 6.45) is 1.83. The largest absolute Gasteiger partial charge is 0.394 e. The van der Waals surface area contributed by atoms with Crippen molar-refractivity contribution in [2.75, 3.05) is 6.61 Å². The lowest BCUT2D eigenvalue weighted by Gasteiger charge is -2.19. The third kappa shape index (κ3) is 3.56. The van der Waals surface area contributed by atoms with Crippen molar-refractivity contribution in [1.29, 1.82) is 0 Å². The molecule has 3 N–H and O–H groups in total. The summed E-state index contributed by atoms with van der Waals surface area (Å²) in [7, 11) is 0. The van der Waals surface area contributed by atoms with E-state index in [2.05, 4.69) is 10.3 Å². The second-order valence-corrected chi connectivity index (χ2v) is 6.48. The first-order chi connectivity index (χ1) is 12.0. The number of aliphatic hydroxyl groups excluding tert-OH is 1. The van der Waals surface area contributed by atoms with Gasteiger partial charge in [0.1, 0.15) is 5.82 Å². The molecule has 1 heterocycles. The highest BCUT2D eigenvalue weighted by Crippen LogP contribution is 2.29. The van der Waals surface area contributed by atoms with Crippen LogP contribution in [0.5, 0.6) is 0 Å². The van der Waals surface area contributed by atoms with Gasteiger partial charge in [0.2, 0.25) is 0 Å². The molecule has 1 amide bonds. The Bertz CT molecular complexity index is 884. The Morgan fingerprint density at radius 3 is 2.56 bits per heavy atom. The van der Waals surface area contributed by atoms with Crippen LogP contribution in [0, 0.1) is 11.7 Å². The zero-order chi connectivity index (χ0) is 18.0. The first-order valence-electron chi connectivity index (χ1n) is 8.28. The molecule has 0 aliphatic heterocycles. The summed E-state index contributed by atoms with van der Waals surface area (Å²) in [6.45, 7) is 3.81. The SMILES string of the molecule is CC(C)[C@@H](CO)NC(=O)c1ccc(-c2c[nH]c3cc(F)ccc23)cc1. The predicted octanol–water partition coefficient (Wildman–Crippen LogP) is 3.72. The molecular formula is C20H21FN2O2. The third-order valence-corrected chi connectivity index (χ3v) is 4.42. The highest BCUT2D eigenvalue weighted by atomic mass is 19.1. The molecule has 1 atom stereocenters. The highest BCUT2D eigenvalue weighted by Gasteiger charge is 2.16. The van der Waals surface area contributed by atoms with E-state index in [9.17, 15) is 14.3 Å². The zero-order valence-electron chi connectivity index (χ0n) is 14.2. The highest BCUT2D eigenvalue weighted by molar-refractivity contribution is 5.97. The molecule has 3 rings (SSSR count). The molecule has 1 aromatic heterocycles. The number of aliphatic hydroxyl groups is 1. The lowest BCUT2D eigenvalue weighted by molar-refractivity contribution is 0.0897. The Hall–Kier alpha value is -2.66. The van der Waals surface area contributed by atoms with Crippen LogP contribution in [0.15, 0.2) is 48.7 Å². The topological polar surface area (TPSA) is 65.1 Å². The molecule has 0 spiro atoms. The maximum atomic E-state index is 13.3. The van der Waals surface area contributed by atoms with Crippen molar-refractivity contribution < 1.29 is 14.3 Å². The van der Waals surface area contributed by atoms with Crippen LogP contribution in [0.2, 0.25) is 0 Å². The maximum absolute atomic E-state index is 13.3. The number of rotatable bonds is 5. The van der Waals surface area contributed by atoms with Gasteiger partial charge in [-0.3, -0.25) is 4.79 Å². The summed E-state index contributed by atoms with van der Waals surface area (Å²) in [6, 6.07) is 11.6.